The van der Waals surface area contributed by atoms with Gasteiger partial charge in [0, 0.05) is 5.33 Å². The summed E-state index contributed by atoms with van der Waals surface area (Å²) in [7, 11) is 0. The normalized spacial score (nSPS) is 10.5. The molecule has 0 amide bonds. The maximum atomic E-state index is 11.7. The van der Waals surface area contributed by atoms with Crippen molar-refractivity contribution in [1.82, 2.24) is 0 Å². The predicted molar refractivity (Wildman–Crippen MR) is 72.5 cm³/mol. The van der Waals surface area contributed by atoms with Crippen LogP contribution in [-0.2, 0) is 10.1 Å². The van der Waals surface area contributed by atoms with Crippen molar-refractivity contribution in [3.8, 4) is 0 Å². The van der Waals surface area contributed by atoms with Gasteiger partial charge in [-0.1, -0.05) is 40.2 Å². The first kappa shape index (κ1) is 12.1. The molecule has 0 bridgehead atoms. The fourth-order valence-electron chi connectivity index (χ4n) is 1.83. The van der Waals surface area contributed by atoms with E-state index in [4.69, 9.17) is 4.74 Å². The van der Waals surface area contributed by atoms with Gasteiger partial charge in [-0.15, -0.1) is 0 Å². The minimum atomic E-state index is -0.263. The molecule has 0 spiro atoms. The van der Waals surface area contributed by atoms with Gasteiger partial charge in [0.2, 0.25) is 0 Å². The van der Waals surface area contributed by atoms with Gasteiger partial charge in [-0.2, -0.15) is 0 Å². The third kappa shape index (κ3) is 2.50. The van der Waals surface area contributed by atoms with E-state index in [1.54, 1.807) is 0 Å². The second kappa shape index (κ2) is 5.32. The summed E-state index contributed by atoms with van der Waals surface area (Å²) >= 11 is 3.45. The number of esters is 1. The Morgan fingerprint density at radius 3 is 2.76 bits per heavy atom. The Kier molecular flexibility index (Phi) is 3.79. The zero-order valence-electron chi connectivity index (χ0n) is 9.57. The van der Waals surface area contributed by atoms with Gasteiger partial charge in [-0.05, 0) is 35.4 Å². The van der Waals surface area contributed by atoms with Crippen molar-refractivity contribution in [3.63, 3.8) is 0 Å². The lowest BCUT2D eigenvalue weighted by molar-refractivity contribution is 0.0526. The number of halogens is 1. The van der Waals surface area contributed by atoms with Crippen LogP contribution in [0.25, 0.3) is 10.8 Å². The van der Waals surface area contributed by atoms with E-state index in [0.29, 0.717) is 12.2 Å². The fraction of sp³-hybridized carbons (Fsp3) is 0.214. The van der Waals surface area contributed by atoms with E-state index in [2.05, 4.69) is 22.0 Å². The molecule has 0 aromatic heterocycles. The minimum Gasteiger partial charge on any atom is -0.462 e. The summed E-state index contributed by atoms with van der Waals surface area (Å²) in [4.78, 5) is 11.7. The third-order valence-electron chi connectivity index (χ3n) is 2.60. The molecule has 0 fully saturated rings. The molecule has 0 aliphatic carbocycles. The van der Waals surface area contributed by atoms with Crippen LogP contribution in [0.5, 0.6) is 0 Å². The number of benzene rings is 2. The molecule has 2 aromatic rings. The van der Waals surface area contributed by atoms with E-state index in [9.17, 15) is 4.79 Å². The number of fused-ring (bicyclic) bond motifs is 1. The molecule has 0 radical (unpaired) electrons. The van der Waals surface area contributed by atoms with Crippen molar-refractivity contribution in [2.45, 2.75) is 12.3 Å². The highest BCUT2D eigenvalue weighted by atomic mass is 79.9. The summed E-state index contributed by atoms with van der Waals surface area (Å²) in [6, 6.07) is 11.8. The lowest BCUT2D eigenvalue weighted by Gasteiger charge is -2.07. The Morgan fingerprint density at radius 2 is 2.06 bits per heavy atom. The lowest BCUT2D eigenvalue weighted by atomic mass is 10.0. The van der Waals surface area contributed by atoms with Crippen molar-refractivity contribution in [2.24, 2.45) is 0 Å². The summed E-state index contributed by atoms with van der Waals surface area (Å²) < 4.78 is 5.02. The lowest BCUT2D eigenvalue weighted by Crippen LogP contribution is -2.05. The minimum absolute atomic E-state index is 0.263. The highest BCUT2D eigenvalue weighted by Crippen LogP contribution is 2.23. The van der Waals surface area contributed by atoms with Gasteiger partial charge < -0.3 is 4.74 Å². The van der Waals surface area contributed by atoms with Gasteiger partial charge in [0.25, 0.3) is 0 Å². The maximum Gasteiger partial charge on any atom is 0.338 e. The molecule has 17 heavy (non-hydrogen) atoms. The summed E-state index contributed by atoms with van der Waals surface area (Å²) in [6.45, 7) is 2.21. The van der Waals surface area contributed by atoms with Crippen molar-refractivity contribution < 1.29 is 9.53 Å². The number of hydrogen-bond acceptors (Lipinski definition) is 2. The van der Waals surface area contributed by atoms with E-state index in [0.717, 1.165) is 21.7 Å². The zero-order valence-corrected chi connectivity index (χ0v) is 11.2. The Morgan fingerprint density at radius 1 is 1.29 bits per heavy atom. The van der Waals surface area contributed by atoms with Crippen LogP contribution in [0.3, 0.4) is 0 Å². The van der Waals surface area contributed by atoms with Gasteiger partial charge in [0.05, 0.1) is 12.2 Å². The van der Waals surface area contributed by atoms with Gasteiger partial charge in [-0.3, -0.25) is 0 Å². The standard InChI is InChI=1S/C14H13BrO2/c1-2-17-14(16)11-7-10-5-3-4-6-13(10)12(8-11)9-15/h3-8H,2,9H2,1H3. The van der Waals surface area contributed by atoms with E-state index in [-0.39, 0.29) is 5.97 Å². The first-order valence-corrected chi connectivity index (χ1v) is 6.63. The molecule has 3 heteroatoms. The van der Waals surface area contributed by atoms with Crippen LogP contribution in [0.2, 0.25) is 0 Å². The molecular formula is C14H13BrO2. The number of carbonyl (C=O) groups is 1. The van der Waals surface area contributed by atoms with Crippen LogP contribution < -0.4 is 0 Å². The van der Waals surface area contributed by atoms with Crippen LogP contribution in [-0.4, -0.2) is 12.6 Å². The average molecular weight is 293 g/mol. The zero-order chi connectivity index (χ0) is 12.3. The Balaban J connectivity index is 2.56. The predicted octanol–water partition coefficient (Wildman–Crippen LogP) is 3.91. The summed E-state index contributed by atoms with van der Waals surface area (Å²) in [5.74, 6) is -0.263. The monoisotopic (exact) mass is 292 g/mol. The second-order valence-electron chi connectivity index (χ2n) is 3.71. The first-order chi connectivity index (χ1) is 8.26. The molecule has 2 nitrogen and oxygen atoms in total. The molecule has 0 atom stereocenters. The summed E-state index contributed by atoms with van der Waals surface area (Å²) in [6.07, 6.45) is 0. The topological polar surface area (TPSA) is 26.3 Å². The molecule has 0 aliphatic rings. The van der Waals surface area contributed by atoms with Crippen LogP contribution in [0.4, 0.5) is 0 Å². The van der Waals surface area contributed by atoms with E-state index < -0.39 is 0 Å². The molecule has 0 saturated heterocycles. The molecule has 2 aromatic carbocycles. The highest BCUT2D eigenvalue weighted by Gasteiger charge is 2.10. The number of hydrogen-bond donors (Lipinski definition) is 0. The quantitative estimate of drug-likeness (QED) is 0.633. The van der Waals surface area contributed by atoms with Gasteiger partial charge in [0.15, 0.2) is 0 Å². The largest absolute Gasteiger partial charge is 0.462 e. The molecule has 0 unspecified atom stereocenters. The van der Waals surface area contributed by atoms with Crippen LogP contribution >= 0.6 is 15.9 Å². The number of ether oxygens (including phenoxy) is 1. The Labute approximate surface area is 109 Å². The first-order valence-electron chi connectivity index (χ1n) is 5.51. The molecule has 0 heterocycles. The fourth-order valence-corrected chi connectivity index (χ4v) is 2.30. The number of carbonyl (C=O) groups excluding carboxylic acids is 1. The van der Waals surface area contributed by atoms with Crippen molar-refractivity contribution in [3.05, 3.63) is 47.5 Å². The van der Waals surface area contributed by atoms with Gasteiger partial charge in [0.1, 0.15) is 0 Å². The molecule has 0 aliphatic heterocycles. The van der Waals surface area contributed by atoms with Crippen LogP contribution in [0, 0.1) is 0 Å². The maximum absolute atomic E-state index is 11.7. The van der Waals surface area contributed by atoms with Gasteiger partial charge in [-0.25, -0.2) is 4.79 Å². The molecule has 88 valence electrons. The second-order valence-corrected chi connectivity index (χ2v) is 4.27. The smallest absolute Gasteiger partial charge is 0.338 e. The van der Waals surface area contributed by atoms with Crippen molar-refractivity contribution in [2.75, 3.05) is 6.61 Å². The highest BCUT2D eigenvalue weighted by molar-refractivity contribution is 9.08. The molecule has 0 N–H and O–H groups in total. The van der Waals surface area contributed by atoms with E-state index in [1.807, 2.05) is 37.3 Å². The van der Waals surface area contributed by atoms with Crippen LogP contribution in [0.1, 0.15) is 22.8 Å². The van der Waals surface area contributed by atoms with E-state index in [1.165, 1.54) is 0 Å². The number of rotatable bonds is 3. The van der Waals surface area contributed by atoms with Gasteiger partial charge >= 0.3 is 5.97 Å². The molecule has 0 saturated carbocycles. The summed E-state index contributed by atoms with van der Waals surface area (Å²) in [5, 5.41) is 2.95. The van der Waals surface area contributed by atoms with Crippen LogP contribution in [0.15, 0.2) is 36.4 Å². The third-order valence-corrected chi connectivity index (χ3v) is 3.21. The Bertz CT molecular complexity index is 549. The van der Waals surface area contributed by atoms with Crippen molar-refractivity contribution >= 4 is 32.7 Å². The van der Waals surface area contributed by atoms with E-state index >= 15 is 0 Å². The Hall–Kier alpha value is -1.35. The SMILES string of the molecule is CCOC(=O)c1cc(CBr)c2ccccc2c1. The molecular weight excluding hydrogens is 280 g/mol. The summed E-state index contributed by atoms with van der Waals surface area (Å²) in [5.41, 5.74) is 1.71. The number of alkyl halides is 1. The average Bonchev–Trinajstić information content (AvgIpc) is 2.37. The molecule has 2 rings (SSSR count). The van der Waals surface area contributed by atoms with Crippen molar-refractivity contribution in [1.29, 1.82) is 0 Å².